The lowest BCUT2D eigenvalue weighted by Gasteiger charge is -1.85. The number of hydrogen-bond acceptors (Lipinski definition) is 3. The van der Waals surface area contributed by atoms with E-state index in [2.05, 4.69) is 13.2 Å². The zero-order valence-corrected chi connectivity index (χ0v) is 10.4. The smallest absolute Gasteiger partial charge is 0.250 e. The number of benzene rings is 1. The Bertz CT molecular complexity index is 495. The molecule has 0 radical (unpaired) electrons. The van der Waals surface area contributed by atoms with Crippen LogP contribution in [0.5, 0.6) is 0 Å². The fraction of sp³-hybridized carbons (Fsp3) is 0. The fourth-order valence-electron chi connectivity index (χ4n) is 0.945. The molecule has 1 aliphatic rings. The van der Waals surface area contributed by atoms with E-state index in [0.717, 1.165) is 0 Å². The standard InChI is InChI=1S/C8H8.C4H3NO2.C3H3N/c1-2-8-6-4-3-5-7-8;6-3-1-2-4(7)5-3;1-2-3-4/h2-7H,1H2;1-2H,(H,5,6,7);2H,1H2. The number of imide groups is 1. The maximum Gasteiger partial charge on any atom is 0.250 e. The van der Waals surface area contributed by atoms with E-state index < -0.39 is 0 Å². The van der Waals surface area contributed by atoms with Crippen molar-refractivity contribution in [3.05, 3.63) is 67.3 Å². The van der Waals surface area contributed by atoms with Crippen molar-refractivity contribution < 1.29 is 9.59 Å². The summed E-state index contributed by atoms with van der Waals surface area (Å²) >= 11 is 0. The first kappa shape index (κ1) is 16.1. The third-order valence-corrected chi connectivity index (χ3v) is 1.76. The molecule has 0 unspecified atom stereocenters. The van der Waals surface area contributed by atoms with Gasteiger partial charge in [0.2, 0.25) is 0 Å². The average Bonchev–Trinajstić information content (AvgIpc) is 2.84. The molecule has 0 atom stereocenters. The number of nitrogens with zero attached hydrogens (tertiary/aromatic N) is 1. The van der Waals surface area contributed by atoms with Crippen molar-refractivity contribution >= 4 is 17.9 Å². The number of nitriles is 1. The van der Waals surface area contributed by atoms with Gasteiger partial charge in [0.25, 0.3) is 11.8 Å². The minimum absolute atomic E-state index is 0.329. The number of carbonyl (C=O) groups excluding carboxylic acids is 2. The number of hydrogen-bond donors (Lipinski definition) is 1. The third kappa shape index (κ3) is 8.83. The number of amides is 2. The van der Waals surface area contributed by atoms with Gasteiger partial charge in [-0.25, -0.2) is 0 Å². The zero-order valence-electron chi connectivity index (χ0n) is 10.4. The van der Waals surface area contributed by atoms with Crippen molar-refractivity contribution in [2.24, 2.45) is 0 Å². The molecule has 2 rings (SSSR count). The van der Waals surface area contributed by atoms with Crippen LogP contribution >= 0.6 is 0 Å². The number of carbonyl (C=O) groups is 2. The Labute approximate surface area is 112 Å². The van der Waals surface area contributed by atoms with Crippen LogP contribution in [0.3, 0.4) is 0 Å². The van der Waals surface area contributed by atoms with Crippen LogP contribution in [0, 0.1) is 11.3 Å². The van der Waals surface area contributed by atoms with Crippen LogP contribution in [0.25, 0.3) is 6.08 Å². The molecular weight excluding hydrogens is 240 g/mol. The molecule has 1 N–H and O–H groups in total. The van der Waals surface area contributed by atoms with Gasteiger partial charge in [-0.2, -0.15) is 5.26 Å². The first-order chi connectivity index (χ1) is 9.13. The second kappa shape index (κ2) is 10.2. The minimum Gasteiger partial charge on any atom is -0.289 e. The van der Waals surface area contributed by atoms with Crippen LogP contribution in [0.1, 0.15) is 5.56 Å². The molecule has 19 heavy (non-hydrogen) atoms. The third-order valence-electron chi connectivity index (χ3n) is 1.76. The van der Waals surface area contributed by atoms with E-state index in [1.165, 1.54) is 23.8 Å². The first-order valence-electron chi connectivity index (χ1n) is 5.35. The van der Waals surface area contributed by atoms with Gasteiger partial charge in [0.1, 0.15) is 0 Å². The summed E-state index contributed by atoms with van der Waals surface area (Å²) in [6, 6.07) is 11.7. The summed E-state index contributed by atoms with van der Waals surface area (Å²) in [5, 5.41) is 9.53. The predicted molar refractivity (Wildman–Crippen MR) is 74.6 cm³/mol. The van der Waals surface area contributed by atoms with Gasteiger partial charge in [0.05, 0.1) is 6.07 Å². The van der Waals surface area contributed by atoms with Crippen LogP contribution < -0.4 is 5.32 Å². The van der Waals surface area contributed by atoms with E-state index in [4.69, 9.17) is 5.26 Å². The van der Waals surface area contributed by atoms with E-state index in [-0.39, 0.29) is 11.8 Å². The summed E-state index contributed by atoms with van der Waals surface area (Å²) in [4.78, 5) is 20.1. The normalized spacial score (nSPS) is 10.9. The van der Waals surface area contributed by atoms with Crippen LogP contribution in [-0.2, 0) is 9.59 Å². The SMILES string of the molecule is C=CC#N.C=Cc1ccccc1.O=C1C=CC(=O)N1. The van der Waals surface area contributed by atoms with Gasteiger partial charge in [-0.05, 0) is 5.56 Å². The van der Waals surface area contributed by atoms with Crippen molar-refractivity contribution in [3.8, 4) is 6.07 Å². The summed E-state index contributed by atoms with van der Waals surface area (Å²) in [7, 11) is 0. The van der Waals surface area contributed by atoms with Crippen molar-refractivity contribution in [1.29, 1.82) is 5.26 Å². The molecule has 4 nitrogen and oxygen atoms in total. The van der Waals surface area contributed by atoms with Gasteiger partial charge in [-0.15, -0.1) is 0 Å². The van der Waals surface area contributed by atoms with E-state index in [0.29, 0.717) is 0 Å². The van der Waals surface area contributed by atoms with Gasteiger partial charge >= 0.3 is 0 Å². The predicted octanol–water partition coefficient (Wildman–Crippen LogP) is 2.22. The zero-order chi connectivity index (χ0) is 14.5. The molecule has 0 fully saturated rings. The molecule has 1 aromatic rings. The van der Waals surface area contributed by atoms with Crippen molar-refractivity contribution in [1.82, 2.24) is 5.32 Å². The lowest BCUT2D eigenvalue weighted by molar-refractivity contribution is -0.123. The fourth-order valence-corrected chi connectivity index (χ4v) is 0.945. The van der Waals surface area contributed by atoms with Crippen LogP contribution in [0.15, 0.2) is 61.7 Å². The summed E-state index contributed by atoms with van der Waals surface area (Å²) in [5.41, 5.74) is 1.17. The number of nitrogens with one attached hydrogen (secondary N) is 1. The van der Waals surface area contributed by atoms with Gasteiger partial charge in [0, 0.05) is 18.2 Å². The highest BCUT2D eigenvalue weighted by Crippen LogP contribution is 1.97. The van der Waals surface area contributed by atoms with Crippen LogP contribution in [-0.4, -0.2) is 11.8 Å². The van der Waals surface area contributed by atoms with Crippen LogP contribution in [0.2, 0.25) is 0 Å². The van der Waals surface area contributed by atoms with Crippen LogP contribution in [0.4, 0.5) is 0 Å². The number of rotatable bonds is 1. The molecule has 0 saturated heterocycles. The summed E-state index contributed by atoms with van der Waals surface area (Å²) in [6.45, 7) is 6.75. The molecule has 2 amide bonds. The monoisotopic (exact) mass is 254 g/mol. The van der Waals surface area contributed by atoms with Crippen molar-refractivity contribution in [2.45, 2.75) is 0 Å². The molecule has 1 aliphatic heterocycles. The Morgan fingerprint density at radius 3 is 1.74 bits per heavy atom. The Morgan fingerprint density at radius 2 is 1.53 bits per heavy atom. The van der Waals surface area contributed by atoms with E-state index in [9.17, 15) is 9.59 Å². The van der Waals surface area contributed by atoms with Gasteiger partial charge in [0.15, 0.2) is 0 Å². The molecule has 96 valence electrons. The second-order valence-corrected chi connectivity index (χ2v) is 3.13. The van der Waals surface area contributed by atoms with Gasteiger partial charge < -0.3 is 0 Å². The number of allylic oxidation sites excluding steroid dienone is 1. The lowest BCUT2D eigenvalue weighted by Crippen LogP contribution is -2.19. The highest BCUT2D eigenvalue weighted by molar-refractivity contribution is 6.12. The molecule has 0 bridgehead atoms. The molecule has 0 saturated carbocycles. The minimum atomic E-state index is -0.329. The highest BCUT2D eigenvalue weighted by atomic mass is 16.2. The Hall–Kier alpha value is -2.93. The maximum atomic E-state index is 10.0. The molecule has 1 heterocycles. The molecular formula is C15H14N2O2. The summed E-state index contributed by atoms with van der Waals surface area (Å²) < 4.78 is 0. The quantitative estimate of drug-likeness (QED) is 0.617. The maximum absolute atomic E-state index is 10.0. The highest BCUT2D eigenvalue weighted by Gasteiger charge is 2.06. The topological polar surface area (TPSA) is 70.0 Å². The summed E-state index contributed by atoms with van der Waals surface area (Å²) in [6.07, 6.45) is 5.41. The van der Waals surface area contributed by atoms with Crippen molar-refractivity contribution in [2.75, 3.05) is 0 Å². The second-order valence-electron chi connectivity index (χ2n) is 3.13. The largest absolute Gasteiger partial charge is 0.289 e. The Balaban J connectivity index is 0.000000272. The van der Waals surface area contributed by atoms with E-state index in [1.807, 2.05) is 41.7 Å². The summed E-state index contributed by atoms with van der Waals surface area (Å²) in [5.74, 6) is -0.657. The van der Waals surface area contributed by atoms with Gasteiger partial charge in [-0.3, -0.25) is 14.9 Å². The van der Waals surface area contributed by atoms with E-state index >= 15 is 0 Å². The molecule has 0 aromatic heterocycles. The Morgan fingerprint density at radius 1 is 1.05 bits per heavy atom. The van der Waals surface area contributed by atoms with Gasteiger partial charge in [-0.1, -0.05) is 49.6 Å². The molecule has 0 spiro atoms. The molecule has 0 aliphatic carbocycles. The first-order valence-corrected chi connectivity index (χ1v) is 5.35. The lowest BCUT2D eigenvalue weighted by atomic mass is 10.2. The van der Waals surface area contributed by atoms with E-state index in [1.54, 1.807) is 6.07 Å². The van der Waals surface area contributed by atoms with Crippen molar-refractivity contribution in [3.63, 3.8) is 0 Å². The average molecular weight is 254 g/mol. The molecule has 1 aromatic carbocycles. The Kier molecular flexibility index (Phi) is 8.66. The molecule has 4 heteroatoms.